The zero-order valence-electron chi connectivity index (χ0n) is 15.4. The van der Waals surface area contributed by atoms with Gasteiger partial charge in [0.2, 0.25) is 5.82 Å². The van der Waals surface area contributed by atoms with Crippen molar-refractivity contribution in [2.24, 2.45) is 5.92 Å². The second kappa shape index (κ2) is 6.50. The molecule has 25 heavy (non-hydrogen) atoms. The summed E-state index contributed by atoms with van der Waals surface area (Å²) in [5, 5.41) is 2.93. The molecule has 134 valence electrons. The maximum Gasteiger partial charge on any atom is 0.290 e. The number of rotatable bonds is 2. The minimum absolute atomic E-state index is 0.108. The van der Waals surface area contributed by atoms with E-state index in [2.05, 4.69) is 17.2 Å². The number of imidazole rings is 1. The lowest BCUT2D eigenvalue weighted by Crippen LogP contribution is -2.41. The van der Waals surface area contributed by atoms with Crippen molar-refractivity contribution in [2.75, 3.05) is 13.1 Å². The molecule has 6 heteroatoms. The van der Waals surface area contributed by atoms with Crippen molar-refractivity contribution in [1.82, 2.24) is 19.6 Å². The number of carbonyl (C=O) groups excluding carboxylic acids is 2. The fraction of sp³-hybridized carbons (Fsp3) is 0.526. The highest BCUT2D eigenvalue weighted by atomic mass is 16.2. The fourth-order valence-corrected chi connectivity index (χ4v) is 3.11. The number of piperidine rings is 1. The Bertz CT molecular complexity index is 795. The Morgan fingerprint density at radius 1 is 1.20 bits per heavy atom. The van der Waals surface area contributed by atoms with Crippen molar-refractivity contribution in [1.29, 1.82) is 0 Å². The first kappa shape index (κ1) is 17.5. The molecule has 0 radical (unpaired) electrons. The Kier molecular flexibility index (Phi) is 4.54. The minimum atomic E-state index is -0.366. The largest absolute Gasteiger partial charge is 0.346 e. The van der Waals surface area contributed by atoms with Gasteiger partial charge in [0.15, 0.2) is 5.69 Å². The highest BCUT2D eigenvalue weighted by Crippen LogP contribution is 2.20. The summed E-state index contributed by atoms with van der Waals surface area (Å²) < 4.78 is 1.72. The van der Waals surface area contributed by atoms with E-state index < -0.39 is 0 Å². The van der Waals surface area contributed by atoms with Crippen molar-refractivity contribution in [3.63, 3.8) is 0 Å². The summed E-state index contributed by atoms with van der Waals surface area (Å²) in [5.41, 5.74) is 0.580. The van der Waals surface area contributed by atoms with E-state index in [1.54, 1.807) is 10.6 Å². The third kappa shape index (κ3) is 3.67. The van der Waals surface area contributed by atoms with E-state index in [4.69, 9.17) is 0 Å². The monoisotopic (exact) mass is 342 g/mol. The van der Waals surface area contributed by atoms with Gasteiger partial charge in [-0.25, -0.2) is 4.98 Å². The Hall–Kier alpha value is -2.37. The topological polar surface area (TPSA) is 66.7 Å². The number of amides is 2. The van der Waals surface area contributed by atoms with Gasteiger partial charge >= 0.3 is 0 Å². The lowest BCUT2D eigenvalue weighted by Gasteiger charge is -2.29. The zero-order chi connectivity index (χ0) is 18.2. The minimum Gasteiger partial charge on any atom is -0.346 e. The number of likely N-dealkylation sites (tertiary alicyclic amines) is 1. The lowest BCUT2D eigenvalue weighted by atomic mass is 9.99. The van der Waals surface area contributed by atoms with Crippen LogP contribution in [0.15, 0.2) is 24.4 Å². The predicted octanol–water partition coefficient (Wildman–Crippen LogP) is 2.73. The highest BCUT2D eigenvalue weighted by molar-refractivity contribution is 6.02. The van der Waals surface area contributed by atoms with Crippen LogP contribution in [0.2, 0.25) is 0 Å². The smallest absolute Gasteiger partial charge is 0.290 e. The van der Waals surface area contributed by atoms with Gasteiger partial charge in [0.05, 0.1) is 5.52 Å². The summed E-state index contributed by atoms with van der Waals surface area (Å²) >= 11 is 0. The van der Waals surface area contributed by atoms with Crippen LogP contribution in [0.25, 0.3) is 5.52 Å². The molecule has 0 atom stereocenters. The van der Waals surface area contributed by atoms with Crippen LogP contribution in [-0.2, 0) is 0 Å². The molecule has 2 aromatic rings. The fourth-order valence-electron chi connectivity index (χ4n) is 3.11. The molecule has 0 aromatic carbocycles. The second-order valence-corrected chi connectivity index (χ2v) is 7.92. The van der Waals surface area contributed by atoms with Gasteiger partial charge in [0.25, 0.3) is 11.8 Å². The molecule has 0 saturated carbocycles. The first-order chi connectivity index (χ1) is 11.8. The summed E-state index contributed by atoms with van der Waals surface area (Å²) in [6.45, 7) is 9.45. The van der Waals surface area contributed by atoms with E-state index in [9.17, 15) is 9.59 Å². The number of pyridine rings is 1. The Balaban J connectivity index is 1.96. The van der Waals surface area contributed by atoms with Crippen molar-refractivity contribution in [3.8, 4) is 0 Å². The van der Waals surface area contributed by atoms with E-state index in [0.717, 1.165) is 25.9 Å². The quantitative estimate of drug-likeness (QED) is 0.912. The molecule has 2 amide bonds. The SMILES string of the molecule is CC1CCN(C(=O)c2nc(C(=O)NC(C)(C)C)c3ccccn23)CC1. The van der Waals surface area contributed by atoms with Gasteiger partial charge in [0, 0.05) is 24.8 Å². The van der Waals surface area contributed by atoms with Crippen molar-refractivity contribution in [3.05, 3.63) is 35.9 Å². The number of nitrogens with zero attached hydrogens (tertiary/aromatic N) is 3. The molecule has 1 aliphatic heterocycles. The maximum atomic E-state index is 13.0. The van der Waals surface area contributed by atoms with Gasteiger partial charge < -0.3 is 10.2 Å². The first-order valence-corrected chi connectivity index (χ1v) is 8.85. The van der Waals surface area contributed by atoms with Crippen LogP contribution >= 0.6 is 0 Å². The molecule has 2 aromatic heterocycles. The molecule has 0 unspecified atom stereocenters. The van der Waals surface area contributed by atoms with Gasteiger partial charge in [-0.05, 0) is 51.7 Å². The molecule has 3 heterocycles. The molecular formula is C19H26N4O2. The molecule has 1 N–H and O–H groups in total. The van der Waals surface area contributed by atoms with E-state index in [-0.39, 0.29) is 17.4 Å². The Labute approximate surface area is 148 Å². The summed E-state index contributed by atoms with van der Waals surface area (Å²) in [6, 6.07) is 5.51. The van der Waals surface area contributed by atoms with E-state index in [1.165, 1.54) is 0 Å². The average Bonchev–Trinajstić information content (AvgIpc) is 2.93. The zero-order valence-corrected chi connectivity index (χ0v) is 15.4. The Morgan fingerprint density at radius 2 is 1.88 bits per heavy atom. The van der Waals surface area contributed by atoms with E-state index >= 15 is 0 Å². The van der Waals surface area contributed by atoms with Crippen LogP contribution in [0.3, 0.4) is 0 Å². The molecule has 1 fully saturated rings. The summed E-state index contributed by atoms with van der Waals surface area (Å²) in [6.07, 6.45) is 3.80. The molecule has 3 rings (SSSR count). The number of carbonyl (C=O) groups is 2. The van der Waals surface area contributed by atoms with E-state index in [0.29, 0.717) is 23.0 Å². The van der Waals surface area contributed by atoms with Gasteiger partial charge in [-0.2, -0.15) is 0 Å². The third-order valence-corrected chi connectivity index (χ3v) is 4.51. The van der Waals surface area contributed by atoms with Crippen LogP contribution in [-0.4, -0.2) is 44.7 Å². The molecule has 0 aliphatic carbocycles. The normalized spacial score (nSPS) is 16.2. The summed E-state index contributed by atoms with van der Waals surface area (Å²) in [4.78, 5) is 31.8. The summed E-state index contributed by atoms with van der Waals surface area (Å²) in [7, 11) is 0. The lowest BCUT2D eigenvalue weighted by molar-refractivity contribution is 0.0684. The van der Waals surface area contributed by atoms with Crippen molar-refractivity contribution < 1.29 is 9.59 Å². The van der Waals surface area contributed by atoms with Crippen LogP contribution in [0.4, 0.5) is 0 Å². The van der Waals surface area contributed by atoms with Crippen LogP contribution in [0.1, 0.15) is 61.6 Å². The molecular weight excluding hydrogens is 316 g/mol. The van der Waals surface area contributed by atoms with Gasteiger partial charge in [-0.1, -0.05) is 13.0 Å². The number of aromatic nitrogens is 2. The highest BCUT2D eigenvalue weighted by Gasteiger charge is 2.28. The second-order valence-electron chi connectivity index (χ2n) is 7.92. The number of nitrogens with one attached hydrogen (secondary N) is 1. The van der Waals surface area contributed by atoms with Crippen LogP contribution in [0.5, 0.6) is 0 Å². The maximum absolute atomic E-state index is 13.0. The third-order valence-electron chi connectivity index (χ3n) is 4.51. The van der Waals surface area contributed by atoms with Gasteiger partial charge in [-0.3, -0.25) is 14.0 Å². The molecule has 1 saturated heterocycles. The van der Waals surface area contributed by atoms with Crippen LogP contribution in [0, 0.1) is 5.92 Å². The predicted molar refractivity (Wildman–Crippen MR) is 96.7 cm³/mol. The number of fused-ring (bicyclic) bond motifs is 1. The Morgan fingerprint density at radius 3 is 2.52 bits per heavy atom. The standard InChI is InChI=1S/C19H26N4O2/c1-13-8-11-22(12-9-13)18(25)16-20-15(17(24)21-19(2,3)4)14-7-5-6-10-23(14)16/h5-7,10,13H,8-9,11-12H2,1-4H3,(H,21,24). The first-order valence-electron chi connectivity index (χ1n) is 8.85. The van der Waals surface area contributed by atoms with E-state index in [1.807, 2.05) is 43.9 Å². The van der Waals surface area contributed by atoms with Crippen molar-refractivity contribution in [2.45, 2.75) is 46.1 Å². The summed E-state index contributed by atoms with van der Waals surface area (Å²) in [5.74, 6) is 0.587. The molecule has 6 nitrogen and oxygen atoms in total. The van der Waals surface area contributed by atoms with Gasteiger partial charge in [0.1, 0.15) is 0 Å². The number of hydrogen-bond donors (Lipinski definition) is 1. The average molecular weight is 342 g/mol. The molecule has 0 bridgehead atoms. The van der Waals surface area contributed by atoms with Crippen LogP contribution < -0.4 is 5.32 Å². The van der Waals surface area contributed by atoms with Crippen molar-refractivity contribution >= 4 is 17.3 Å². The molecule has 1 aliphatic rings. The van der Waals surface area contributed by atoms with Gasteiger partial charge in [-0.15, -0.1) is 0 Å². The molecule has 0 spiro atoms. The number of hydrogen-bond acceptors (Lipinski definition) is 3.